The predicted octanol–water partition coefficient (Wildman–Crippen LogP) is 3.80. The summed E-state index contributed by atoms with van der Waals surface area (Å²) >= 11 is 6.19. The molecular formula is C27H28ClN5O4. The zero-order valence-electron chi connectivity index (χ0n) is 20.9. The Morgan fingerprint density at radius 3 is 2.68 bits per heavy atom. The van der Waals surface area contributed by atoms with E-state index in [1.165, 1.54) is 6.33 Å². The number of rotatable bonds is 7. The van der Waals surface area contributed by atoms with Gasteiger partial charge >= 0.3 is 0 Å². The first kappa shape index (κ1) is 24.8. The molecule has 1 aliphatic carbocycles. The van der Waals surface area contributed by atoms with Gasteiger partial charge in [0.1, 0.15) is 17.0 Å². The molecule has 1 atom stereocenters. The quantitative estimate of drug-likeness (QED) is 0.492. The summed E-state index contributed by atoms with van der Waals surface area (Å²) in [7, 11) is 1.58. The van der Waals surface area contributed by atoms with Gasteiger partial charge in [-0.1, -0.05) is 35.9 Å². The number of methoxy groups -OCH3 is 1. The van der Waals surface area contributed by atoms with Gasteiger partial charge in [-0.3, -0.25) is 14.4 Å². The molecule has 9 nitrogen and oxygen atoms in total. The van der Waals surface area contributed by atoms with Gasteiger partial charge in [0.15, 0.2) is 5.69 Å². The van der Waals surface area contributed by atoms with Crippen molar-refractivity contribution >= 4 is 35.0 Å². The molecule has 2 aromatic carbocycles. The van der Waals surface area contributed by atoms with Crippen molar-refractivity contribution in [1.29, 1.82) is 0 Å². The lowest BCUT2D eigenvalue weighted by molar-refractivity contribution is -0.133. The van der Waals surface area contributed by atoms with Crippen LogP contribution in [0.15, 0.2) is 48.8 Å². The van der Waals surface area contributed by atoms with Crippen molar-refractivity contribution in [3.63, 3.8) is 0 Å². The Labute approximate surface area is 219 Å². The van der Waals surface area contributed by atoms with E-state index in [2.05, 4.69) is 15.6 Å². The van der Waals surface area contributed by atoms with Crippen LogP contribution in [0.3, 0.4) is 0 Å². The van der Waals surface area contributed by atoms with E-state index in [-0.39, 0.29) is 42.3 Å². The number of hydrogen-bond donors (Lipinski definition) is 2. The number of carbonyl (C=O) groups is 3. The number of para-hydroxylation sites is 1. The Balaban J connectivity index is 1.41. The van der Waals surface area contributed by atoms with Gasteiger partial charge in [-0.2, -0.15) is 0 Å². The number of fused-ring (bicyclic) bond motifs is 1. The molecule has 0 saturated heterocycles. The molecule has 1 aromatic heterocycles. The maximum Gasteiger partial charge on any atom is 0.276 e. The van der Waals surface area contributed by atoms with Gasteiger partial charge in [-0.05, 0) is 50.5 Å². The van der Waals surface area contributed by atoms with E-state index < -0.39 is 11.4 Å². The van der Waals surface area contributed by atoms with Crippen LogP contribution in [-0.4, -0.2) is 50.9 Å². The maximum atomic E-state index is 13.8. The van der Waals surface area contributed by atoms with Crippen molar-refractivity contribution in [1.82, 2.24) is 19.8 Å². The third-order valence-electron chi connectivity index (χ3n) is 7.03. The Kier molecular flexibility index (Phi) is 6.41. The first-order valence-corrected chi connectivity index (χ1v) is 12.5. The summed E-state index contributed by atoms with van der Waals surface area (Å²) in [5.74, 6) is -0.491. The molecule has 0 unspecified atom stereocenters. The van der Waals surface area contributed by atoms with E-state index in [0.717, 1.165) is 24.0 Å². The molecule has 2 N–H and O–H groups in total. The zero-order valence-corrected chi connectivity index (χ0v) is 21.6. The van der Waals surface area contributed by atoms with Crippen LogP contribution in [0.1, 0.15) is 51.9 Å². The van der Waals surface area contributed by atoms with Gasteiger partial charge in [-0.25, -0.2) is 4.98 Å². The molecule has 37 heavy (non-hydrogen) atoms. The van der Waals surface area contributed by atoms with Crippen LogP contribution in [0, 0.1) is 6.92 Å². The van der Waals surface area contributed by atoms with Crippen LogP contribution in [0.2, 0.25) is 5.02 Å². The summed E-state index contributed by atoms with van der Waals surface area (Å²) in [4.78, 5) is 46.5. The molecule has 192 valence electrons. The van der Waals surface area contributed by atoms with Gasteiger partial charge in [0.25, 0.3) is 11.8 Å². The van der Waals surface area contributed by atoms with E-state index >= 15 is 0 Å². The first-order chi connectivity index (χ1) is 17.7. The fourth-order valence-corrected chi connectivity index (χ4v) is 5.04. The molecular weight excluding hydrogens is 494 g/mol. The van der Waals surface area contributed by atoms with Crippen molar-refractivity contribution in [3.8, 4) is 5.75 Å². The third kappa shape index (κ3) is 4.44. The van der Waals surface area contributed by atoms with Gasteiger partial charge in [0.2, 0.25) is 5.91 Å². The third-order valence-corrected chi connectivity index (χ3v) is 7.44. The Bertz CT molecular complexity index is 1400. The Hall–Kier alpha value is -3.85. The lowest BCUT2D eigenvalue weighted by Crippen LogP contribution is -2.64. The van der Waals surface area contributed by atoms with Crippen LogP contribution >= 0.6 is 11.6 Å². The van der Waals surface area contributed by atoms with Crippen LogP contribution in [0.5, 0.6) is 5.75 Å². The minimum Gasteiger partial charge on any atom is -0.496 e. The summed E-state index contributed by atoms with van der Waals surface area (Å²) < 4.78 is 6.99. The van der Waals surface area contributed by atoms with Gasteiger partial charge < -0.3 is 24.8 Å². The molecule has 2 heterocycles. The molecule has 1 fully saturated rings. The van der Waals surface area contributed by atoms with Crippen molar-refractivity contribution < 1.29 is 19.1 Å². The molecule has 0 bridgehead atoms. The molecule has 3 amide bonds. The zero-order chi connectivity index (χ0) is 26.3. The van der Waals surface area contributed by atoms with Crippen molar-refractivity contribution in [3.05, 3.63) is 76.3 Å². The number of carbonyl (C=O) groups excluding carboxylic acids is 3. The summed E-state index contributed by atoms with van der Waals surface area (Å²) in [6, 6.07) is 12.6. The highest BCUT2D eigenvalue weighted by Crippen LogP contribution is 2.39. The summed E-state index contributed by atoms with van der Waals surface area (Å²) in [6.45, 7) is 4.00. The molecule has 1 aliphatic heterocycles. The monoisotopic (exact) mass is 521 g/mol. The highest BCUT2D eigenvalue weighted by molar-refractivity contribution is 6.31. The number of halogens is 1. The van der Waals surface area contributed by atoms with Crippen molar-refractivity contribution in [2.75, 3.05) is 12.4 Å². The average Bonchev–Trinajstić information content (AvgIpc) is 3.62. The molecule has 10 heteroatoms. The van der Waals surface area contributed by atoms with Crippen LogP contribution < -0.4 is 15.4 Å². The second-order valence-corrected chi connectivity index (χ2v) is 10.0. The molecule has 1 saturated carbocycles. The van der Waals surface area contributed by atoms with E-state index in [1.807, 2.05) is 24.3 Å². The number of benzene rings is 2. The average molecular weight is 522 g/mol. The Morgan fingerprint density at radius 1 is 1.19 bits per heavy atom. The van der Waals surface area contributed by atoms with Crippen molar-refractivity contribution in [2.24, 2.45) is 0 Å². The molecule has 2 aliphatic rings. The lowest BCUT2D eigenvalue weighted by Gasteiger charge is -2.44. The summed E-state index contributed by atoms with van der Waals surface area (Å²) in [6.07, 6.45) is 3.06. The molecule has 3 aromatic rings. The number of ether oxygens (including phenoxy) is 1. The minimum absolute atomic E-state index is 0.0199. The highest BCUT2D eigenvalue weighted by atomic mass is 35.5. The van der Waals surface area contributed by atoms with Gasteiger partial charge in [-0.15, -0.1) is 0 Å². The smallest absolute Gasteiger partial charge is 0.276 e. The largest absolute Gasteiger partial charge is 0.496 e. The minimum atomic E-state index is -1.15. The summed E-state index contributed by atoms with van der Waals surface area (Å²) in [5, 5.41) is 6.32. The van der Waals surface area contributed by atoms with E-state index in [0.29, 0.717) is 16.5 Å². The van der Waals surface area contributed by atoms with Gasteiger partial charge in [0.05, 0.1) is 20.0 Å². The van der Waals surface area contributed by atoms with Crippen LogP contribution in [0.25, 0.3) is 0 Å². The van der Waals surface area contributed by atoms with E-state index in [9.17, 15) is 14.4 Å². The normalized spacial score (nSPS) is 18.8. The first-order valence-electron chi connectivity index (χ1n) is 12.1. The second-order valence-electron chi connectivity index (χ2n) is 9.61. The SMILES string of the molecule is COc1ccccc1CNC(=O)[C@]1(C)Cn2cnc(C(=O)Nc3cccc(Cl)c3C)c2C(=O)N1C1CC1. The number of amides is 3. The second kappa shape index (κ2) is 9.55. The van der Waals surface area contributed by atoms with Crippen LogP contribution in [0.4, 0.5) is 5.69 Å². The number of imidazole rings is 1. The molecule has 0 spiro atoms. The number of aromatic nitrogens is 2. The number of nitrogens with zero attached hydrogens (tertiary/aromatic N) is 3. The highest BCUT2D eigenvalue weighted by Gasteiger charge is 2.53. The molecule has 0 radical (unpaired) electrons. The maximum absolute atomic E-state index is 13.8. The number of nitrogens with one attached hydrogen (secondary N) is 2. The lowest BCUT2D eigenvalue weighted by atomic mass is 9.93. The fraction of sp³-hybridized carbons (Fsp3) is 0.333. The topological polar surface area (TPSA) is 106 Å². The number of hydrogen-bond acceptors (Lipinski definition) is 5. The number of anilines is 1. The van der Waals surface area contributed by atoms with E-state index in [4.69, 9.17) is 16.3 Å². The standard InChI is InChI=1S/C27H28ClN5O4/c1-16-19(28)8-6-9-20(16)31-24(34)22-23-25(35)33(18-11-12-18)27(2,14-32(23)15-30-22)26(36)29-13-17-7-4-5-10-21(17)37-3/h4-10,15,18H,11-14H2,1-3H3,(H,29,36)(H,31,34)/t27-/m0/s1. The van der Waals surface area contributed by atoms with Crippen LogP contribution in [-0.2, 0) is 17.9 Å². The summed E-state index contributed by atoms with van der Waals surface area (Å²) in [5.41, 5.74) is 1.15. The Morgan fingerprint density at radius 2 is 1.95 bits per heavy atom. The van der Waals surface area contributed by atoms with E-state index in [1.54, 1.807) is 48.6 Å². The fourth-order valence-electron chi connectivity index (χ4n) is 4.86. The van der Waals surface area contributed by atoms with Gasteiger partial charge in [0, 0.05) is 28.9 Å². The molecule has 5 rings (SSSR count). The van der Waals surface area contributed by atoms with Crippen molar-refractivity contribution in [2.45, 2.75) is 51.4 Å². The predicted molar refractivity (Wildman–Crippen MR) is 139 cm³/mol.